The van der Waals surface area contributed by atoms with Gasteiger partial charge in [-0.25, -0.2) is 4.99 Å². The van der Waals surface area contributed by atoms with Crippen LogP contribution in [0.25, 0.3) is 0 Å². The van der Waals surface area contributed by atoms with Gasteiger partial charge in [-0.15, -0.1) is 0 Å². The first-order valence-corrected chi connectivity index (χ1v) is 5.49. The molecule has 2 heterocycles. The van der Waals surface area contributed by atoms with Crippen molar-refractivity contribution in [3.63, 3.8) is 0 Å². The van der Waals surface area contributed by atoms with Gasteiger partial charge in [0.05, 0.1) is 6.26 Å². The first-order chi connectivity index (χ1) is 5.86. The highest BCUT2D eigenvalue weighted by atomic mass is 127. The topological polar surface area (TPSA) is 63.9 Å². The molecule has 0 aromatic carbocycles. The summed E-state index contributed by atoms with van der Waals surface area (Å²) in [7, 11) is 0. The summed E-state index contributed by atoms with van der Waals surface area (Å²) < 4.78 is 11.2. The fraction of sp³-hybridized carbons (Fsp3) is 0. The number of nitrogens with two attached hydrogens (primary N) is 1. The molecular weight excluding hydrogens is 269 g/mol. The number of rotatable bonds is 1. The van der Waals surface area contributed by atoms with Crippen LogP contribution in [0.15, 0.2) is 31.0 Å². The van der Waals surface area contributed by atoms with E-state index >= 15 is 0 Å². The van der Waals surface area contributed by atoms with E-state index in [1.54, 1.807) is 6.26 Å². The molecule has 0 radical (unpaired) electrons. The van der Waals surface area contributed by atoms with Crippen LogP contribution >= 0.6 is 21.0 Å². The number of halogens is 1. The highest BCUT2D eigenvalue weighted by molar-refractivity contribution is 14.2. The molecule has 0 spiro atoms. The summed E-state index contributed by atoms with van der Waals surface area (Å²) in [5.41, 5.74) is 6.27. The maximum absolute atomic E-state index is 5.46. The Balaban J connectivity index is 2.39. The van der Waals surface area contributed by atoms with Gasteiger partial charge in [0.15, 0.2) is 5.76 Å². The van der Waals surface area contributed by atoms with Crippen molar-refractivity contribution < 1.29 is 4.42 Å². The first kappa shape index (κ1) is 7.66. The van der Waals surface area contributed by atoms with Gasteiger partial charge >= 0.3 is 0 Å². The van der Waals surface area contributed by atoms with Gasteiger partial charge < -0.3 is 10.2 Å². The highest BCUT2D eigenvalue weighted by Gasteiger charge is 2.06. The SMILES string of the molecule is NC1=NI=CC(c2ccco2)=N1. The highest BCUT2D eigenvalue weighted by Crippen LogP contribution is 2.09. The Morgan fingerprint density at radius 1 is 1.50 bits per heavy atom. The Bertz CT molecular complexity index is 364. The van der Waals surface area contributed by atoms with Gasteiger partial charge in [0.1, 0.15) is 5.71 Å². The molecule has 0 fully saturated rings. The second-order valence-electron chi connectivity index (χ2n) is 2.12. The van der Waals surface area contributed by atoms with Crippen LogP contribution in [0.3, 0.4) is 0 Å². The Hall–Kier alpha value is -0.980. The van der Waals surface area contributed by atoms with Crippen LogP contribution < -0.4 is 5.73 Å². The van der Waals surface area contributed by atoms with Gasteiger partial charge in [-0.2, -0.15) is 3.21 Å². The molecule has 0 bridgehead atoms. The predicted octanol–water partition coefficient (Wildman–Crippen LogP) is 1.08. The molecule has 0 saturated heterocycles. The van der Waals surface area contributed by atoms with Crippen LogP contribution in [-0.2, 0) is 0 Å². The minimum absolute atomic E-state index is 0.325. The molecule has 0 aliphatic carbocycles. The Morgan fingerprint density at radius 3 is 3.08 bits per heavy atom. The van der Waals surface area contributed by atoms with Crippen molar-refractivity contribution in [2.45, 2.75) is 0 Å². The smallest absolute Gasteiger partial charge is 0.225 e. The standard InChI is InChI=1S/C7H6IN3O/c9-7-10-5(4-8-11-7)6-2-1-3-12-6/h1-4H,(H2,9,10,11). The Kier molecular flexibility index (Phi) is 2.03. The lowest BCUT2D eigenvalue weighted by Crippen LogP contribution is -2.14. The van der Waals surface area contributed by atoms with Crippen molar-refractivity contribution in [3.8, 4) is 0 Å². The van der Waals surface area contributed by atoms with Crippen molar-refractivity contribution in [1.29, 1.82) is 0 Å². The van der Waals surface area contributed by atoms with Crippen molar-refractivity contribution in [2.24, 2.45) is 13.9 Å². The normalized spacial score (nSPS) is 16.3. The minimum Gasteiger partial charge on any atom is -0.463 e. The molecular formula is C7H6IN3O. The number of furan rings is 1. The number of hydrogen-bond donors (Lipinski definition) is 1. The molecule has 0 saturated carbocycles. The zero-order chi connectivity index (χ0) is 8.39. The van der Waals surface area contributed by atoms with Crippen LogP contribution in [0.1, 0.15) is 5.76 Å². The first-order valence-electron chi connectivity index (χ1n) is 3.28. The average molecular weight is 275 g/mol. The van der Waals surface area contributed by atoms with Gasteiger partial charge in [0.2, 0.25) is 5.96 Å². The number of aliphatic imine (C=N–C) groups is 1. The predicted molar refractivity (Wildman–Crippen MR) is 57.0 cm³/mol. The molecule has 2 N–H and O–H groups in total. The Morgan fingerprint density at radius 2 is 2.42 bits per heavy atom. The van der Waals surface area contributed by atoms with Crippen molar-refractivity contribution in [2.75, 3.05) is 0 Å². The van der Waals surface area contributed by atoms with E-state index in [2.05, 4.69) is 8.20 Å². The summed E-state index contributed by atoms with van der Waals surface area (Å²) in [6, 6.07) is 3.68. The zero-order valence-electron chi connectivity index (χ0n) is 6.07. The molecule has 0 amide bonds. The number of nitrogens with zero attached hydrogens (tertiary/aromatic N) is 2. The quantitative estimate of drug-likeness (QED) is 0.779. The molecule has 2 rings (SSSR count). The number of guanidine groups is 1. The molecule has 5 heteroatoms. The minimum atomic E-state index is -0.325. The lowest BCUT2D eigenvalue weighted by Gasteiger charge is -1.99. The zero-order valence-corrected chi connectivity index (χ0v) is 8.22. The molecule has 0 unspecified atom stereocenters. The third-order valence-electron chi connectivity index (χ3n) is 1.30. The summed E-state index contributed by atoms with van der Waals surface area (Å²) in [6.45, 7) is 0. The lowest BCUT2D eigenvalue weighted by molar-refractivity contribution is 0.559. The molecule has 62 valence electrons. The molecule has 1 aliphatic heterocycles. The van der Waals surface area contributed by atoms with E-state index < -0.39 is 0 Å². The maximum atomic E-state index is 5.46. The summed E-state index contributed by atoms with van der Waals surface area (Å²) in [5, 5.41) is 0. The molecule has 1 aliphatic rings. The molecule has 1 aromatic rings. The fourth-order valence-electron chi connectivity index (χ4n) is 0.820. The monoisotopic (exact) mass is 275 g/mol. The van der Waals surface area contributed by atoms with E-state index in [-0.39, 0.29) is 21.0 Å². The largest absolute Gasteiger partial charge is 0.463 e. The van der Waals surface area contributed by atoms with E-state index in [4.69, 9.17) is 10.2 Å². The van der Waals surface area contributed by atoms with Gasteiger partial charge in [0, 0.05) is 25.0 Å². The van der Waals surface area contributed by atoms with Crippen molar-refractivity contribution >= 4 is 36.7 Å². The van der Waals surface area contributed by atoms with Crippen LogP contribution in [0.2, 0.25) is 0 Å². The summed E-state index contributed by atoms with van der Waals surface area (Å²) >= 11 is -0.325. The van der Waals surface area contributed by atoms with Crippen molar-refractivity contribution in [3.05, 3.63) is 24.2 Å². The van der Waals surface area contributed by atoms with Gasteiger partial charge in [0.25, 0.3) is 0 Å². The second kappa shape index (κ2) is 3.18. The van der Waals surface area contributed by atoms with Gasteiger partial charge in [-0.1, -0.05) is 0 Å². The third kappa shape index (κ3) is 1.45. The van der Waals surface area contributed by atoms with Gasteiger partial charge in [-0.05, 0) is 12.1 Å². The summed E-state index contributed by atoms with van der Waals surface area (Å²) in [5.74, 6) is 1.12. The number of hydrogen-bond acceptors (Lipinski definition) is 4. The lowest BCUT2D eigenvalue weighted by atomic mass is 10.3. The van der Waals surface area contributed by atoms with E-state index in [1.165, 1.54) is 0 Å². The van der Waals surface area contributed by atoms with Crippen LogP contribution in [0, 0.1) is 0 Å². The fourth-order valence-corrected chi connectivity index (χ4v) is 2.06. The third-order valence-corrected chi connectivity index (χ3v) is 2.94. The van der Waals surface area contributed by atoms with E-state index in [0.29, 0.717) is 5.96 Å². The summed E-state index contributed by atoms with van der Waals surface area (Å²) in [4.78, 5) is 4.05. The summed E-state index contributed by atoms with van der Waals surface area (Å²) in [6.07, 6.45) is 1.62. The van der Waals surface area contributed by atoms with E-state index in [1.807, 2.05) is 16.1 Å². The Labute approximate surface area is 79.3 Å². The molecule has 12 heavy (non-hydrogen) atoms. The van der Waals surface area contributed by atoms with Crippen LogP contribution in [-0.4, -0.2) is 15.7 Å². The van der Waals surface area contributed by atoms with Crippen LogP contribution in [0.5, 0.6) is 0 Å². The second-order valence-corrected chi connectivity index (χ2v) is 3.79. The van der Waals surface area contributed by atoms with E-state index in [9.17, 15) is 0 Å². The maximum Gasteiger partial charge on any atom is 0.225 e. The van der Waals surface area contributed by atoms with Crippen molar-refractivity contribution in [1.82, 2.24) is 0 Å². The van der Waals surface area contributed by atoms with Gasteiger partial charge in [-0.3, -0.25) is 0 Å². The van der Waals surface area contributed by atoms with Crippen LogP contribution in [0.4, 0.5) is 0 Å². The van der Waals surface area contributed by atoms with E-state index in [0.717, 1.165) is 11.5 Å². The molecule has 4 nitrogen and oxygen atoms in total. The molecule has 0 atom stereocenters. The average Bonchev–Trinajstić information content (AvgIpc) is 2.56. The molecule has 1 aromatic heterocycles.